The van der Waals surface area contributed by atoms with E-state index < -0.39 is 28.0 Å². The fourth-order valence-corrected chi connectivity index (χ4v) is 7.16. The van der Waals surface area contributed by atoms with Crippen molar-refractivity contribution in [3.63, 3.8) is 0 Å². The van der Waals surface area contributed by atoms with E-state index in [9.17, 15) is 14.2 Å². The SMILES string of the molecule is CC(C)(C)ON(C=O)C(Br)P(=O)(OCc1ccccc1)C(Br)N(C=O)OC(C)(C)C. The summed E-state index contributed by atoms with van der Waals surface area (Å²) in [5, 5.41) is 1.75. The first kappa shape index (κ1) is 27.3. The molecule has 0 saturated heterocycles. The van der Waals surface area contributed by atoms with E-state index in [0.29, 0.717) is 12.8 Å². The first-order valence-corrected chi connectivity index (χ1v) is 12.7. The molecule has 0 bridgehead atoms. The van der Waals surface area contributed by atoms with Crippen LogP contribution >= 0.6 is 39.2 Å². The molecule has 0 radical (unpaired) electrons. The molecule has 0 heterocycles. The van der Waals surface area contributed by atoms with E-state index in [1.165, 1.54) is 0 Å². The number of carbonyl (C=O) groups is 2. The molecule has 0 aliphatic rings. The molecule has 0 saturated carbocycles. The lowest BCUT2D eigenvalue weighted by atomic mass is 10.2. The molecule has 0 spiro atoms. The molecule has 1 aromatic rings. The molecule has 0 N–H and O–H groups in total. The van der Waals surface area contributed by atoms with Crippen LogP contribution in [-0.2, 0) is 35.0 Å². The topological polar surface area (TPSA) is 85.4 Å². The van der Waals surface area contributed by atoms with Gasteiger partial charge in [0.2, 0.25) is 12.8 Å². The first-order valence-electron chi connectivity index (χ1n) is 9.15. The maximum absolute atomic E-state index is 14.1. The summed E-state index contributed by atoms with van der Waals surface area (Å²) in [6.07, 6.45) is 0.803. The summed E-state index contributed by atoms with van der Waals surface area (Å²) in [6, 6.07) is 9.11. The predicted molar refractivity (Wildman–Crippen MR) is 122 cm³/mol. The molecule has 0 aliphatic heterocycles. The van der Waals surface area contributed by atoms with Gasteiger partial charge in [-0.25, -0.2) is 0 Å². The third kappa shape index (κ3) is 8.40. The maximum atomic E-state index is 14.1. The smallest absolute Gasteiger partial charge is 0.273 e. The molecule has 1 aromatic carbocycles. The van der Waals surface area contributed by atoms with Crippen LogP contribution in [0.3, 0.4) is 0 Å². The Bertz CT molecular complexity index is 701. The number of hydrogen-bond acceptors (Lipinski definition) is 6. The summed E-state index contributed by atoms with van der Waals surface area (Å²) in [6.45, 7) is 10.4. The fourth-order valence-electron chi connectivity index (χ4n) is 2.15. The zero-order valence-electron chi connectivity index (χ0n) is 18.0. The Morgan fingerprint density at radius 1 is 0.900 bits per heavy atom. The zero-order valence-corrected chi connectivity index (χ0v) is 22.0. The van der Waals surface area contributed by atoms with E-state index in [0.717, 1.165) is 15.7 Å². The van der Waals surface area contributed by atoms with Crippen LogP contribution in [0.1, 0.15) is 47.1 Å². The van der Waals surface area contributed by atoms with Crippen molar-refractivity contribution < 1.29 is 28.4 Å². The van der Waals surface area contributed by atoms with Crippen LogP contribution in [0.4, 0.5) is 0 Å². The quantitative estimate of drug-likeness (QED) is 0.119. The summed E-state index contributed by atoms with van der Waals surface area (Å²) >= 11 is 6.57. The minimum atomic E-state index is -3.91. The molecule has 11 heteroatoms. The van der Waals surface area contributed by atoms with Gasteiger partial charge < -0.3 is 4.52 Å². The highest BCUT2D eigenvalue weighted by Crippen LogP contribution is 2.63. The Morgan fingerprint density at radius 3 is 1.63 bits per heavy atom. The number of hydrogen-bond donors (Lipinski definition) is 0. The lowest BCUT2D eigenvalue weighted by Gasteiger charge is -2.38. The number of rotatable bonds is 11. The number of carbonyl (C=O) groups excluding carboxylic acids is 2. The average molecular weight is 572 g/mol. The second-order valence-corrected chi connectivity index (χ2v) is 14.0. The van der Waals surface area contributed by atoms with Crippen molar-refractivity contribution in [1.29, 1.82) is 0 Å². The number of alkyl halides is 2. The Labute approximate surface area is 194 Å². The fraction of sp³-hybridized carbons (Fsp3) is 0.579. The van der Waals surface area contributed by atoms with Gasteiger partial charge in [-0.1, -0.05) is 62.2 Å². The van der Waals surface area contributed by atoms with Crippen LogP contribution in [-0.4, -0.2) is 43.5 Å². The third-order valence-electron chi connectivity index (χ3n) is 3.26. The number of halogens is 2. The molecule has 170 valence electrons. The Balaban J connectivity index is 3.29. The van der Waals surface area contributed by atoms with Gasteiger partial charge in [-0.3, -0.25) is 23.8 Å². The number of hydroxylamine groups is 4. The van der Waals surface area contributed by atoms with Gasteiger partial charge >= 0.3 is 0 Å². The lowest BCUT2D eigenvalue weighted by Crippen LogP contribution is -2.43. The van der Waals surface area contributed by atoms with Crippen LogP contribution in [0.25, 0.3) is 0 Å². The van der Waals surface area contributed by atoms with Crippen LogP contribution in [0.2, 0.25) is 0 Å². The van der Waals surface area contributed by atoms with Gasteiger partial charge in [-0.15, -0.1) is 0 Å². The molecule has 1 rings (SSSR count). The van der Waals surface area contributed by atoms with Crippen molar-refractivity contribution in [3.8, 4) is 0 Å². The minimum Gasteiger partial charge on any atom is -0.320 e. The third-order valence-corrected chi connectivity index (χ3v) is 9.66. The van der Waals surface area contributed by atoms with Gasteiger partial charge in [0.05, 0.1) is 17.8 Å². The van der Waals surface area contributed by atoms with E-state index >= 15 is 0 Å². The van der Waals surface area contributed by atoms with Crippen molar-refractivity contribution in [2.45, 2.75) is 68.7 Å². The van der Waals surface area contributed by atoms with Gasteiger partial charge in [0, 0.05) is 0 Å². The largest absolute Gasteiger partial charge is 0.320 e. The van der Waals surface area contributed by atoms with Crippen molar-refractivity contribution in [1.82, 2.24) is 10.1 Å². The highest BCUT2D eigenvalue weighted by molar-refractivity contribution is 9.12. The van der Waals surface area contributed by atoms with Gasteiger partial charge in [0.25, 0.3) is 7.37 Å². The molecule has 0 aromatic heterocycles. The molecule has 2 atom stereocenters. The standard InChI is InChI=1S/C19H29Br2N2O6P/c1-18(2,3)28-22(13-24)16(20)30(26,27-12-15-10-8-7-9-11-15)17(21)23(14-25)29-19(4,5)6/h7-11,13-14,16-17H,12H2,1-6H3. The Hall–Kier alpha value is -0.770. The van der Waals surface area contributed by atoms with Crippen molar-refractivity contribution >= 4 is 52.0 Å². The monoisotopic (exact) mass is 570 g/mol. The molecule has 2 unspecified atom stereocenters. The van der Waals surface area contributed by atoms with Gasteiger partial charge in [0.15, 0.2) is 9.38 Å². The van der Waals surface area contributed by atoms with Crippen LogP contribution < -0.4 is 0 Å². The predicted octanol–water partition coefficient (Wildman–Crippen LogP) is 5.22. The van der Waals surface area contributed by atoms with Crippen LogP contribution in [0.5, 0.6) is 0 Å². The van der Waals surface area contributed by atoms with E-state index in [2.05, 4.69) is 31.9 Å². The van der Waals surface area contributed by atoms with Crippen LogP contribution in [0, 0.1) is 0 Å². The van der Waals surface area contributed by atoms with Crippen molar-refractivity contribution in [2.75, 3.05) is 0 Å². The van der Waals surface area contributed by atoms with E-state index in [4.69, 9.17) is 14.2 Å². The summed E-state index contributed by atoms with van der Waals surface area (Å²) in [5.74, 6) is 0. The van der Waals surface area contributed by atoms with Gasteiger partial charge in [-0.2, -0.15) is 10.1 Å². The van der Waals surface area contributed by atoms with E-state index in [-0.39, 0.29) is 6.61 Å². The molecular formula is C19H29Br2N2O6P. The zero-order chi connectivity index (χ0) is 23.2. The summed E-state index contributed by atoms with van der Waals surface area (Å²) in [7, 11) is -3.91. The molecule has 0 aliphatic carbocycles. The average Bonchev–Trinajstić information content (AvgIpc) is 2.66. The number of amides is 2. The molecule has 8 nitrogen and oxygen atoms in total. The second kappa shape index (κ2) is 11.2. The van der Waals surface area contributed by atoms with E-state index in [1.54, 1.807) is 41.5 Å². The number of benzene rings is 1. The molecule has 2 amide bonds. The van der Waals surface area contributed by atoms with Gasteiger partial charge in [-0.05, 0) is 47.1 Å². The number of nitrogens with zero attached hydrogens (tertiary/aromatic N) is 2. The minimum absolute atomic E-state index is 0.0211. The van der Waals surface area contributed by atoms with Crippen molar-refractivity contribution in [2.24, 2.45) is 0 Å². The summed E-state index contributed by atoms with van der Waals surface area (Å²) in [5.41, 5.74) is -0.725. The lowest BCUT2D eigenvalue weighted by molar-refractivity contribution is -0.218. The van der Waals surface area contributed by atoms with E-state index in [1.807, 2.05) is 30.3 Å². The molecule has 30 heavy (non-hydrogen) atoms. The highest BCUT2D eigenvalue weighted by atomic mass is 79.9. The van der Waals surface area contributed by atoms with Crippen molar-refractivity contribution in [3.05, 3.63) is 35.9 Å². The van der Waals surface area contributed by atoms with Crippen LogP contribution in [0.15, 0.2) is 30.3 Å². The van der Waals surface area contributed by atoms with Gasteiger partial charge in [0.1, 0.15) is 0 Å². The molecular weight excluding hydrogens is 543 g/mol. The maximum Gasteiger partial charge on any atom is 0.273 e. The normalized spacial score (nSPS) is 16.3. The highest BCUT2D eigenvalue weighted by Gasteiger charge is 2.48. The molecule has 0 fully saturated rings. The first-order chi connectivity index (χ1) is 13.7. The Morgan fingerprint density at radius 2 is 1.30 bits per heavy atom. The summed E-state index contributed by atoms with van der Waals surface area (Å²) in [4.78, 5) is 34.6. The Kier molecular flexibility index (Phi) is 10.2. The summed E-state index contributed by atoms with van der Waals surface area (Å²) < 4.78 is 17.5. The second-order valence-electron chi connectivity index (χ2n) is 8.36.